The zero-order chi connectivity index (χ0) is 13.1. The highest BCUT2D eigenvalue weighted by Crippen LogP contribution is 2.20. The van der Waals surface area contributed by atoms with Gasteiger partial charge >= 0.3 is 0 Å². The third kappa shape index (κ3) is 6.58. The van der Waals surface area contributed by atoms with E-state index < -0.39 is 0 Å². The number of hydrogen-bond acceptors (Lipinski definition) is 1. The van der Waals surface area contributed by atoms with Crippen molar-refractivity contribution in [1.29, 1.82) is 0 Å². The van der Waals surface area contributed by atoms with Gasteiger partial charge in [-0.25, -0.2) is 0 Å². The highest BCUT2D eigenvalue weighted by molar-refractivity contribution is 7.08. The van der Waals surface area contributed by atoms with Crippen LogP contribution >= 0.6 is 11.3 Å². The minimum absolute atomic E-state index is 1.30. The van der Waals surface area contributed by atoms with E-state index in [1.807, 2.05) is 11.3 Å². The van der Waals surface area contributed by atoms with Crippen LogP contribution in [0.1, 0.15) is 82.8 Å². The van der Waals surface area contributed by atoms with Crippen LogP contribution in [-0.2, 0) is 12.8 Å². The Labute approximate surface area is 118 Å². The second-order valence-corrected chi connectivity index (χ2v) is 6.14. The van der Waals surface area contributed by atoms with Crippen LogP contribution < -0.4 is 0 Å². The average molecular weight is 266 g/mol. The highest BCUT2D eigenvalue weighted by atomic mass is 32.1. The van der Waals surface area contributed by atoms with Crippen molar-refractivity contribution in [3.63, 3.8) is 0 Å². The molecule has 0 radical (unpaired) electrons. The summed E-state index contributed by atoms with van der Waals surface area (Å²) < 4.78 is 0. The van der Waals surface area contributed by atoms with Crippen LogP contribution in [0.3, 0.4) is 0 Å². The molecule has 1 heterocycles. The molecule has 0 nitrogen and oxygen atoms in total. The van der Waals surface area contributed by atoms with Gasteiger partial charge in [0.25, 0.3) is 0 Å². The molecule has 18 heavy (non-hydrogen) atoms. The summed E-state index contributed by atoms with van der Waals surface area (Å²) in [7, 11) is 0. The number of thiophene rings is 1. The van der Waals surface area contributed by atoms with Crippen LogP contribution in [0, 0.1) is 0 Å². The van der Waals surface area contributed by atoms with Crippen LogP contribution in [0.15, 0.2) is 10.8 Å². The Kier molecular flexibility index (Phi) is 9.28. The zero-order valence-corrected chi connectivity index (χ0v) is 13.2. The van der Waals surface area contributed by atoms with E-state index in [4.69, 9.17) is 0 Å². The van der Waals surface area contributed by atoms with Gasteiger partial charge in [-0.3, -0.25) is 0 Å². The van der Waals surface area contributed by atoms with Crippen molar-refractivity contribution in [2.45, 2.75) is 84.5 Å². The number of hydrogen-bond donors (Lipinski definition) is 0. The number of aryl methyl sites for hydroxylation is 2. The number of unbranched alkanes of at least 4 members (excludes halogenated alkanes) is 7. The minimum Gasteiger partial charge on any atom is -0.152 e. The highest BCUT2D eigenvalue weighted by Gasteiger charge is 2.03. The molecule has 0 spiro atoms. The molecule has 1 rings (SSSR count). The quantitative estimate of drug-likeness (QED) is 0.407. The summed E-state index contributed by atoms with van der Waals surface area (Å²) in [6.45, 7) is 4.57. The maximum absolute atomic E-state index is 2.38. The molecule has 0 aliphatic carbocycles. The van der Waals surface area contributed by atoms with Gasteiger partial charge in [-0.1, -0.05) is 58.8 Å². The fourth-order valence-corrected chi connectivity index (χ4v) is 3.36. The van der Waals surface area contributed by atoms with E-state index in [1.165, 1.54) is 70.6 Å². The predicted octanol–water partition coefficient (Wildman–Crippen LogP) is 6.38. The lowest BCUT2D eigenvalue weighted by Crippen LogP contribution is -1.91. The lowest BCUT2D eigenvalue weighted by atomic mass is 10.0. The third-order valence-electron chi connectivity index (χ3n) is 3.68. The summed E-state index contributed by atoms with van der Waals surface area (Å²) in [6, 6.07) is 0. The maximum atomic E-state index is 2.38. The molecule has 0 aromatic carbocycles. The monoisotopic (exact) mass is 266 g/mol. The minimum atomic E-state index is 1.30. The van der Waals surface area contributed by atoms with Crippen molar-refractivity contribution < 1.29 is 0 Å². The lowest BCUT2D eigenvalue weighted by molar-refractivity contribution is 0.588. The molecule has 1 aromatic heterocycles. The van der Waals surface area contributed by atoms with Gasteiger partial charge in [0.05, 0.1) is 0 Å². The normalized spacial score (nSPS) is 11.0. The largest absolute Gasteiger partial charge is 0.152 e. The molecule has 0 saturated carbocycles. The third-order valence-corrected chi connectivity index (χ3v) is 4.52. The molecule has 0 aliphatic rings. The van der Waals surface area contributed by atoms with Gasteiger partial charge in [0, 0.05) is 0 Å². The van der Waals surface area contributed by atoms with E-state index in [1.54, 1.807) is 11.1 Å². The van der Waals surface area contributed by atoms with Crippen LogP contribution in [-0.4, -0.2) is 0 Å². The Morgan fingerprint density at radius 2 is 1.17 bits per heavy atom. The Bertz CT molecular complexity index is 288. The lowest BCUT2D eigenvalue weighted by Gasteiger charge is -2.04. The van der Waals surface area contributed by atoms with E-state index in [9.17, 15) is 0 Å². The summed E-state index contributed by atoms with van der Waals surface area (Å²) in [5.41, 5.74) is 3.27. The van der Waals surface area contributed by atoms with Crippen LogP contribution in [0.2, 0.25) is 0 Å². The van der Waals surface area contributed by atoms with E-state index in [0.29, 0.717) is 0 Å². The Morgan fingerprint density at radius 3 is 1.78 bits per heavy atom. The summed E-state index contributed by atoms with van der Waals surface area (Å²) in [6.07, 6.45) is 15.2. The van der Waals surface area contributed by atoms with Gasteiger partial charge in [0.15, 0.2) is 0 Å². The molecule has 0 aliphatic heterocycles. The van der Waals surface area contributed by atoms with Gasteiger partial charge in [0.1, 0.15) is 0 Å². The first kappa shape index (κ1) is 15.8. The standard InChI is InChI=1S/C17H30S/c1-3-5-7-8-9-10-11-13-17-15-18-14-16(17)12-6-4-2/h14-15H,3-13H2,1-2H3. The Balaban J connectivity index is 2.09. The summed E-state index contributed by atoms with van der Waals surface area (Å²) >= 11 is 1.89. The van der Waals surface area contributed by atoms with Gasteiger partial charge in [0.2, 0.25) is 0 Å². The first-order chi connectivity index (χ1) is 8.88. The molecular weight excluding hydrogens is 236 g/mol. The second-order valence-electron chi connectivity index (χ2n) is 5.40. The molecule has 1 aromatic rings. The van der Waals surface area contributed by atoms with Crippen molar-refractivity contribution in [3.05, 3.63) is 21.9 Å². The molecule has 104 valence electrons. The van der Waals surface area contributed by atoms with Crippen molar-refractivity contribution in [3.8, 4) is 0 Å². The summed E-state index contributed by atoms with van der Waals surface area (Å²) in [4.78, 5) is 0. The fraction of sp³-hybridized carbons (Fsp3) is 0.765. The van der Waals surface area contributed by atoms with Crippen LogP contribution in [0.5, 0.6) is 0 Å². The second kappa shape index (κ2) is 10.6. The fourth-order valence-electron chi connectivity index (χ4n) is 2.43. The van der Waals surface area contributed by atoms with E-state index in [2.05, 4.69) is 24.6 Å². The van der Waals surface area contributed by atoms with E-state index in [0.717, 1.165) is 0 Å². The summed E-state index contributed by atoms with van der Waals surface area (Å²) in [5.74, 6) is 0. The molecule has 0 bridgehead atoms. The Morgan fingerprint density at radius 1 is 0.667 bits per heavy atom. The molecule has 0 atom stereocenters. The van der Waals surface area contributed by atoms with E-state index >= 15 is 0 Å². The molecule has 0 amide bonds. The van der Waals surface area contributed by atoms with Gasteiger partial charge in [-0.2, -0.15) is 11.3 Å². The van der Waals surface area contributed by atoms with E-state index in [-0.39, 0.29) is 0 Å². The van der Waals surface area contributed by atoms with Crippen LogP contribution in [0.4, 0.5) is 0 Å². The zero-order valence-electron chi connectivity index (χ0n) is 12.3. The molecular formula is C17H30S. The molecule has 0 N–H and O–H groups in total. The molecule has 0 unspecified atom stereocenters. The molecule has 0 saturated heterocycles. The van der Waals surface area contributed by atoms with Gasteiger partial charge in [-0.15, -0.1) is 0 Å². The van der Waals surface area contributed by atoms with Crippen molar-refractivity contribution >= 4 is 11.3 Å². The SMILES string of the molecule is CCCCCCCCCc1cscc1CCCC. The van der Waals surface area contributed by atoms with Crippen molar-refractivity contribution in [2.24, 2.45) is 0 Å². The predicted molar refractivity (Wildman–Crippen MR) is 84.6 cm³/mol. The molecule has 1 heteroatoms. The van der Waals surface area contributed by atoms with Gasteiger partial charge in [-0.05, 0) is 47.6 Å². The summed E-state index contributed by atoms with van der Waals surface area (Å²) in [5, 5.41) is 4.74. The maximum Gasteiger partial charge on any atom is -0.00584 e. The number of rotatable bonds is 11. The first-order valence-electron chi connectivity index (χ1n) is 7.92. The van der Waals surface area contributed by atoms with Crippen molar-refractivity contribution in [2.75, 3.05) is 0 Å². The molecule has 0 fully saturated rings. The van der Waals surface area contributed by atoms with Gasteiger partial charge < -0.3 is 0 Å². The average Bonchev–Trinajstić information content (AvgIpc) is 2.83. The smallest absolute Gasteiger partial charge is 0.00584 e. The Hall–Kier alpha value is -0.300. The topological polar surface area (TPSA) is 0 Å². The first-order valence-corrected chi connectivity index (χ1v) is 8.86. The van der Waals surface area contributed by atoms with Crippen LogP contribution in [0.25, 0.3) is 0 Å². The van der Waals surface area contributed by atoms with Crippen molar-refractivity contribution in [1.82, 2.24) is 0 Å².